The summed E-state index contributed by atoms with van der Waals surface area (Å²) in [5.41, 5.74) is 49.0. The summed E-state index contributed by atoms with van der Waals surface area (Å²) in [6.45, 7) is 90.8. The summed E-state index contributed by atoms with van der Waals surface area (Å²) in [4.78, 5) is 11.0. The highest BCUT2D eigenvalue weighted by Gasteiger charge is 2.57. The lowest BCUT2D eigenvalue weighted by Crippen LogP contribution is -2.61. The molecular weight excluding hydrogens is 1720 g/mol. The third-order valence-electron chi connectivity index (χ3n) is 42.0. The van der Waals surface area contributed by atoms with E-state index in [4.69, 9.17) is 8.83 Å². The summed E-state index contributed by atoms with van der Waals surface area (Å²) in [5.74, 6) is 2.17. The van der Waals surface area contributed by atoms with Gasteiger partial charge in [0.1, 0.15) is 11.2 Å². The second kappa shape index (κ2) is 29.1. The summed E-state index contributed by atoms with van der Waals surface area (Å²) < 4.78 is 16.4. The molecule has 10 aromatic carbocycles. The monoisotopic (exact) mass is 1880 g/mol. The normalized spacial score (nSPS) is 23.4. The van der Waals surface area contributed by atoms with E-state index in [-0.39, 0.29) is 106 Å². The molecule has 1 unspecified atom stereocenters. The molecule has 6 heterocycles. The van der Waals surface area contributed by atoms with Gasteiger partial charge in [-0.1, -0.05) is 272 Å². The van der Waals surface area contributed by atoms with Gasteiger partial charge in [-0.15, -0.1) is 0 Å². The van der Waals surface area contributed by atoms with E-state index >= 15 is 0 Å². The Morgan fingerprint density at radius 2 is 0.535 bits per heavy atom. The molecule has 0 saturated heterocycles. The van der Waals surface area contributed by atoms with Crippen molar-refractivity contribution < 1.29 is 8.83 Å². The molecule has 8 heteroatoms. The van der Waals surface area contributed by atoms with Crippen LogP contribution in [0.25, 0.3) is 21.9 Å². The van der Waals surface area contributed by atoms with Crippen molar-refractivity contribution in [1.82, 2.24) is 0 Å². The van der Waals surface area contributed by atoms with Crippen molar-refractivity contribution in [3.8, 4) is 0 Å². The predicted molar refractivity (Wildman–Crippen MR) is 609 cm³/mol. The van der Waals surface area contributed by atoms with Crippen molar-refractivity contribution in [1.29, 1.82) is 0 Å². The Labute approximate surface area is 854 Å². The fraction of sp³-hybridized carbons (Fsp3) is 0.522. The maximum Gasteiger partial charge on any atom is 0.257 e. The minimum absolute atomic E-state index is 0.00250. The Hall–Kier alpha value is -9.39. The minimum Gasteiger partial charge on any atom is -0.440 e. The van der Waals surface area contributed by atoms with Crippen molar-refractivity contribution in [2.75, 3.05) is 19.6 Å². The van der Waals surface area contributed by atoms with Gasteiger partial charge in [0.15, 0.2) is 0 Å². The van der Waals surface area contributed by atoms with Gasteiger partial charge in [-0.3, -0.25) is 9.80 Å². The smallest absolute Gasteiger partial charge is 0.257 e. The van der Waals surface area contributed by atoms with Crippen molar-refractivity contribution in [2.45, 2.75) is 444 Å². The molecule has 0 radical (unpaired) electrons. The molecule has 4 aliphatic heterocycles. The van der Waals surface area contributed by atoms with Crippen molar-refractivity contribution >= 4 is 137 Å². The Bertz CT molecular complexity index is 7530. The van der Waals surface area contributed by atoms with E-state index < -0.39 is 5.41 Å². The molecule has 2 aromatic heterocycles. The fourth-order valence-electron chi connectivity index (χ4n) is 31.3. The highest BCUT2D eigenvalue weighted by atomic mass is 16.4. The number of benzene rings is 10. The van der Waals surface area contributed by atoms with Crippen LogP contribution in [0.5, 0.6) is 0 Å². The van der Waals surface area contributed by atoms with E-state index in [1.54, 1.807) is 0 Å². The first-order chi connectivity index (χ1) is 65.8. The molecule has 12 aliphatic rings. The summed E-state index contributed by atoms with van der Waals surface area (Å²) in [7, 11) is 0. The zero-order valence-electron chi connectivity index (χ0n) is 93.9. The van der Waals surface area contributed by atoms with Crippen LogP contribution in [0.2, 0.25) is 0 Å². The molecule has 0 bridgehead atoms. The van der Waals surface area contributed by atoms with Gasteiger partial charge in [-0.2, -0.15) is 0 Å². The maximum atomic E-state index is 8.22. The number of rotatable bonds is 7. The third-order valence-corrected chi connectivity index (χ3v) is 42.0. The first-order valence-electron chi connectivity index (χ1n) is 55.5. The Balaban J connectivity index is 0.742. The van der Waals surface area contributed by atoms with E-state index in [1.807, 2.05) is 0 Å². The quantitative estimate of drug-likeness (QED) is 0.148. The topological polar surface area (TPSA) is 39.2 Å². The Morgan fingerprint density at radius 3 is 0.908 bits per heavy atom. The Kier molecular flexibility index (Phi) is 19.5. The number of anilines is 12. The highest BCUT2D eigenvalue weighted by Crippen LogP contribution is 2.64. The molecule has 0 fully saturated rings. The van der Waals surface area contributed by atoms with Crippen LogP contribution in [0.1, 0.15) is 444 Å². The lowest BCUT2D eigenvalue weighted by molar-refractivity contribution is 0.173. The lowest BCUT2D eigenvalue weighted by atomic mass is 9.33. The van der Waals surface area contributed by atoms with E-state index in [0.29, 0.717) is 0 Å². The zero-order chi connectivity index (χ0) is 101. The molecule has 6 nitrogen and oxygen atoms in total. The Morgan fingerprint density at radius 1 is 0.261 bits per heavy atom. The fourth-order valence-corrected chi connectivity index (χ4v) is 31.3. The second-order valence-electron chi connectivity index (χ2n) is 59.5. The first-order valence-corrected chi connectivity index (χ1v) is 55.5. The van der Waals surface area contributed by atoms with Crippen LogP contribution in [-0.2, 0) is 92.1 Å². The largest absolute Gasteiger partial charge is 0.440 e. The molecule has 0 amide bonds. The van der Waals surface area contributed by atoms with Crippen LogP contribution in [0.4, 0.5) is 68.6 Å². The van der Waals surface area contributed by atoms with Crippen LogP contribution in [-0.4, -0.2) is 13.4 Å². The summed E-state index contributed by atoms with van der Waals surface area (Å²) in [6, 6.07) is 60.7. The molecule has 738 valence electrons. The number of nitrogens with zero attached hydrogens (tertiary/aromatic N) is 4. The van der Waals surface area contributed by atoms with Gasteiger partial charge < -0.3 is 18.6 Å². The summed E-state index contributed by atoms with van der Waals surface area (Å²) in [6.07, 6.45) is 17.9. The van der Waals surface area contributed by atoms with Crippen LogP contribution < -0.4 is 52.4 Å². The summed E-state index contributed by atoms with van der Waals surface area (Å²) >= 11 is 0. The standard InChI is InChI=1S/C134H164B2N4O2/c1-76-57-106-114-107(58-76)140(103-69-95-88(59-77(103)2)121(9,10)49-53-128(95,23)24)105-71-97-94(127(21,22)52-55-130(97,27)28)68-102(105)136(114)113-84-66-100-99(73-111(84)142-116(113)138(106)81-38-41-86-90(63-81)123(13,14)47-44-119(86,5)6)133(33,34)75-79(134(100,35)36)74-132(31,32)78-60-108-115-109(61-78)139(82-39-42-87-91(64-82)124(15,16)48-45-120(87,7)8)117-112(83-65-92-98(72-110(83)141-117)131(29,30)56-50-125(92,17)18)135(115)101-67-93-96(129(25,26)54-51-126(93,19)20)70-104(101)137(108)80-37-40-85-89(62-80)122(11,12)46-43-118(85,3)4/h37-42,57-73,79H,43-56,74-75H2,1-36H3. The average Bonchev–Trinajstić information content (AvgIpc) is 1.21. The minimum atomic E-state index is -0.401. The van der Waals surface area contributed by atoms with E-state index in [9.17, 15) is 0 Å². The second-order valence-corrected chi connectivity index (χ2v) is 59.5. The van der Waals surface area contributed by atoms with E-state index in [2.05, 4.69) is 408 Å². The number of furan rings is 2. The third kappa shape index (κ3) is 13.4. The SMILES string of the molecule is Cc1cc2c3c(c1)N(c1ccc4c(c1)C(C)(C)CCC4(C)C)c1oc4cc5c(cc4c1B3c1cc3c(cc1N2c1cc2c(cc1C)C(C)(C)CCC2(C)C)C(C)(C)CCC3(C)C)C(C)(C)C(CC(C)(C)c1cc2c3c(c1)N(c1ccc4c(c1)C(C)(C)CCC4(C)C)c1oc4cc6c(cc4c1B3c1cc3c(cc1N2c1ccc2c(c1)C(C)(C)CCC2(C)C)C(C)(C)CCC3(C)C)C(C)(C)CCC6(C)C)CC5(C)C. The predicted octanol–water partition coefficient (Wildman–Crippen LogP) is 33.3. The van der Waals surface area contributed by atoms with Gasteiger partial charge in [0, 0.05) is 78.6 Å². The number of hydrogen-bond acceptors (Lipinski definition) is 6. The number of fused-ring (bicyclic) bond motifs is 20. The van der Waals surface area contributed by atoms with Crippen molar-refractivity contribution in [3.63, 3.8) is 0 Å². The molecule has 8 aliphatic carbocycles. The molecule has 12 aromatic rings. The molecule has 142 heavy (non-hydrogen) atoms. The molecule has 24 rings (SSSR count). The lowest BCUT2D eigenvalue weighted by Gasteiger charge is -2.50. The molecular formula is C134H164B2N4O2. The highest BCUT2D eigenvalue weighted by molar-refractivity contribution is 7.02. The van der Waals surface area contributed by atoms with Crippen LogP contribution in [0.15, 0.2) is 148 Å². The van der Waals surface area contributed by atoms with Gasteiger partial charge in [0.2, 0.25) is 11.8 Å². The first kappa shape index (κ1) is 94.9. The van der Waals surface area contributed by atoms with Gasteiger partial charge in [-0.25, -0.2) is 0 Å². The summed E-state index contributed by atoms with van der Waals surface area (Å²) in [5, 5.41) is 2.50. The van der Waals surface area contributed by atoms with Gasteiger partial charge in [0.05, 0.1) is 0 Å². The molecule has 0 N–H and O–H groups in total. The van der Waals surface area contributed by atoms with Crippen molar-refractivity contribution in [3.05, 3.63) is 245 Å². The van der Waals surface area contributed by atoms with Gasteiger partial charge in [0.25, 0.3) is 13.4 Å². The van der Waals surface area contributed by atoms with Crippen molar-refractivity contribution in [2.24, 2.45) is 5.92 Å². The zero-order valence-corrected chi connectivity index (χ0v) is 93.9. The van der Waals surface area contributed by atoms with Gasteiger partial charge >= 0.3 is 0 Å². The van der Waals surface area contributed by atoms with E-state index in [0.717, 1.165) is 119 Å². The van der Waals surface area contributed by atoms with Crippen LogP contribution >= 0.6 is 0 Å². The maximum absolute atomic E-state index is 8.22. The molecule has 0 saturated carbocycles. The molecule has 1 atom stereocenters. The van der Waals surface area contributed by atoms with Crippen LogP contribution in [0.3, 0.4) is 0 Å². The van der Waals surface area contributed by atoms with Crippen LogP contribution in [0, 0.1) is 19.8 Å². The van der Waals surface area contributed by atoms with Gasteiger partial charge in [-0.05, 0) is 445 Å². The number of aryl methyl sites for hydroxylation is 2. The van der Waals surface area contributed by atoms with E-state index in [1.165, 1.54) is 213 Å². The number of hydrogen-bond donors (Lipinski definition) is 0. The molecule has 0 spiro atoms. The average molecular weight is 1880 g/mol.